The summed E-state index contributed by atoms with van der Waals surface area (Å²) in [5.74, 6) is -4.80. The summed E-state index contributed by atoms with van der Waals surface area (Å²) in [5.41, 5.74) is 5.63. The molecule has 0 aromatic carbocycles. The van der Waals surface area contributed by atoms with E-state index in [0.29, 0.717) is 12.8 Å². The quantitative estimate of drug-likeness (QED) is 0.213. The van der Waals surface area contributed by atoms with Crippen molar-refractivity contribution < 1.29 is 34.2 Å². The molecule has 7 N–H and O–H groups in total. The van der Waals surface area contributed by atoms with Gasteiger partial charge in [0, 0.05) is 6.42 Å². The van der Waals surface area contributed by atoms with Crippen LogP contribution < -0.4 is 21.7 Å². The number of carbonyl (C=O) groups is 5. The van der Waals surface area contributed by atoms with Gasteiger partial charge in [0.25, 0.3) is 0 Å². The lowest BCUT2D eigenvalue weighted by atomic mass is 9.95. The highest BCUT2D eigenvalue weighted by Crippen LogP contribution is 2.12. The van der Waals surface area contributed by atoms with Gasteiger partial charge in [0.15, 0.2) is 0 Å². The van der Waals surface area contributed by atoms with Crippen LogP contribution in [0.5, 0.6) is 0 Å². The van der Waals surface area contributed by atoms with E-state index in [1.54, 1.807) is 13.8 Å². The van der Waals surface area contributed by atoms with E-state index in [1.165, 1.54) is 6.92 Å². The van der Waals surface area contributed by atoms with Crippen LogP contribution in [0.2, 0.25) is 0 Å². The molecule has 0 bridgehead atoms. The first-order valence-electron chi connectivity index (χ1n) is 10.5. The zero-order valence-electron chi connectivity index (χ0n) is 18.8. The van der Waals surface area contributed by atoms with E-state index < -0.39 is 53.8 Å². The van der Waals surface area contributed by atoms with Crippen LogP contribution in [0, 0.1) is 11.8 Å². The third kappa shape index (κ3) is 9.77. The fourth-order valence-electron chi connectivity index (χ4n) is 2.70. The lowest BCUT2D eigenvalue weighted by Crippen LogP contribution is -2.58. The maximum Gasteiger partial charge on any atom is 0.326 e. The number of amides is 3. The van der Waals surface area contributed by atoms with Gasteiger partial charge in [0.2, 0.25) is 17.7 Å². The number of rotatable bonds is 14. The fourth-order valence-corrected chi connectivity index (χ4v) is 2.70. The Balaban J connectivity index is 5.16. The molecule has 0 aliphatic carbocycles. The topological polar surface area (TPSA) is 188 Å². The highest BCUT2D eigenvalue weighted by Gasteiger charge is 2.33. The van der Waals surface area contributed by atoms with Crippen LogP contribution in [-0.4, -0.2) is 64.0 Å². The van der Waals surface area contributed by atoms with E-state index in [0.717, 1.165) is 0 Å². The van der Waals surface area contributed by atoms with Gasteiger partial charge in [-0.2, -0.15) is 0 Å². The lowest BCUT2D eigenvalue weighted by molar-refractivity contribution is -0.144. The first kappa shape index (κ1) is 28.3. The smallest absolute Gasteiger partial charge is 0.326 e. The second-order valence-electron chi connectivity index (χ2n) is 7.85. The number of carboxylic acid groups (broad SMARTS) is 2. The SMILES string of the molecule is CCC(C)C(NC(=O)C(NC(=O)C(C)NC(=O)C(N)CCC(=O)O)C(C)CC)C(=O)O. The van der Waals surface area contributed by atoms with Crippen LogP contribution in [0.25, 0.3) is 0 Å². The van der Waals surface area contributed by atoms with Crippen LogP contribution in [0.15, 0.2) is 0 Å². The van der Waals surface area contributed by atoms with Crippen molar-refractivity contribution in [3.63, 3.8) is 0 Å². The molecule has 0 saturated heterocycles. The van der Waals surface area contributed by atoms with Crippen LogP contribution in [-0.2, 0) is 24.0 Å². The molecule has 11 heteroatoms. The molecule has 11 nitrogen and oxygen atoms in total. The Kier molecular flexibility index (Phi) is 12.4. The normalized spacial score (nSPS) is 16.7. The minimum atomic E-state index is -1.16. The molecule has 0 rings (SSSR count). The number of hydrogen-bond acceptors (Lipinski definition) is 6. The van der Waals surface area contributed by atoms with Crippen LogP contribution in [0.1, 0.15) is 60.3 Å². The number of aliphatic carboxylic acids is 2. The first-order chi connectivity index (χ1) is 14.3. The predicted octanol–water partition coefficient (Wildman–Crippen LogP) is -0.170. The molecule has 0 spiro atoms. The fraction of sp³-hybridized carbons (Fsp3) is 0.750. The molecule has 0 aliphatic heterocycles. The van der Waals surface area contributed by atoms with E-state index in [9.17, 15) is 29.1 Å². The van der Waals surface area contributed by atoms with E-state index in [-0.39, 0.29) is 24.7 Å². The Bertz CT molecular complexity index is 655. The molecule has 0 aromatic heterocycles. The van der Waals surface area contributed by atoms with Crippen molar-refractivity contribution in [2.75, 3.05) is 0 Å². The molecule has 3 amide bonds. The van der Waals surface area contributed by atoms with Gasteiger partial charge in [-0.1, -0.05) is 40.5 Å². The molecule has 0 radical (unpaired) electrons. The highest BCUT2D eigenvalue weighted by atomic mass is 16.4. The number of carbonyl (C=O) groups excluding carboxylic acids is 3. The van der Waals surface area contributed by atoms with Gasteiger partial charge in [-0.15, -0.1) is 0 Å². The van der Waals surface area contributed by atoms with Crippen LogP contribution in [0.4, 0.5) is 0 Å². The maximum atomic E-state index is 12.8. The third-order valence-corrected chi connectivity index (χ3v) is 5.33. The summed E-state index contributed by atoms with van der Waals surface area (Å²) in [6.45, 7) is 8.50. The third-order valence-electron chi connectivity index (χ3n) is 5.33. The Labute approximate surface area is 182 Å². The molecule has 31 heavy (non-hydrogen) atoms. The number of nitrogens with two attached hydrogens (primary N) is 1. The second-order valence-corrected chi connectivity index (χ2v) is 7.85. The lowest BCUT2D eigenvalue weighted by Gasteiger charge is -2.28. The van der Waals surface area contributed by atoms with Gasteiger partial charge in [-0.05, 0) is 25.2 Å². The van der Waals surface area contributed by atoms with Gasteiger partial charge in [0.05, 0.1) is 6.04 Å². The molecule has 178 valence electrons. The van der Waals surface area contributed by atoms with Crippen molar-refractivity contribution in [2.45, 2.75) is 84.5 Å². The minimum Gasteiger partial charge on any atom is -0.481 e. The van der Waals surface area contributed by atoms with Crippen molar-refractivity contribution in [3.8, 4) is 0 Å². The monoisotopic (exact) mass is 444 g/mol. The molecule has 0 heterocycles. The number of nitrogens with one attached hydrogen (secondary N) is 3. The highest BCUT2D eigenvalue weighted by molar-refractivity contribution is 5.94. The summed E-state index contributed by atoms with van der Waals surface area (Å²) >= 11 is 0. The van der Waals surface area contributed by atoms with Crippen molar-refractivity contribution in [2.24, 2.45) is 17.6 Å². The molecule has 6 unspecified atom stereocenters. The van der Waals surface area contributed by atoms with E-state index in [2.05, 4.69) is 16.0 Å². The Morgan fingerprint density at radius 3 is 1.71 bits per heavy atom. The Morgan fingerprint density at radius 1 is 0.774 bits per heavy atom. The van der Waals surface area contributed by atoms with Crippen molar-refractivity contribution >= 4 is 29.7 Å². The molecule has 6 atom stereocenters. The Hall–Kier alpha value is -2.69. The first-order valence-corrected chi connectivity index (χ1v) is 10.5. The average Bonchev–Trinajstić information content (AvgIpc) is 2.71. The van der Waals surface area contributed by atoms with Crippen LogP contribution >= 0.6 is 0 Å². The summed E-state index contributed by atoms with van der Waals surface area (Å²) in [5, 5.41) is 25.5. The van der Waals surface area contributed by atoms with Gasteiger partial charge in [0.1, 0.15) is 18.1 Å². The minimum absolute atomic E-state index is 0.0837. The standard InChI is InChI=1S/C20H36N4O7/c1-6-10(3)15(19(29)24-16(20(30)31)11(4)7-2)23-17(27)12(5)22-18(28)13(21)8-9-14(25)26/h10-13,15-16H,6-9,21H2,1-5H3,(H,22,28)(H,23,27)(H,24,29)(H,25,26)(H,30,31). The van der Waals surface area contributed by atoms with E-state index in [1.807, 2.05) is 13.8 Å². The maximum absolute atomic E-state index is 12.8. The van der Waals surface area contributed by atoms with Gasteiger partial charge < -0.3 is 31.9 Å². The second kappa shape index (κ2) is 13.6. The molecule has 0 aromatic rings. The van der Waals surface area contributed by atoms with Crippen LogP contribution in [0.3, 0.4) is 0 Å². The Morgan fingerprint density at radius 2 is 1.26 bits per heavy atom. The molecule has 0 saturated carbocycles. The summed E-state index contributed by atoms with van der Waals surface area (Å²) in [7, 11) is 0. The molecule has 0 aliphatic rings. The van der Waals surface area contributed by atoms with Gasteiger partial charge in [-0.3, -0.25) is 19.2 Å². The van der Waals surface area contributed by atoms with Gasteiger partial charge in [-0.25, -0.2) is 4.79 Å². The molecular weight excluding hydrogens is 408 g/mol. The summed E-state index contributed by atoms with van der Waals surface area (Å²) in [6, 6.07) is -4.21. The average molecular weight is 445 g/mol. The molecular formula is C20H36N4O7. The molecule has 0 fully saturated rings. The van der Waals surface area contributed by atoms with Crippen molar-refractivity contribution in [1.82, 2.24) is 16.0 Å². The zero-order valence-corrected chi connectivity index (χ0v) is 18.8. The number of hydrogen-bond donors (Lipinski definition) is 6. The predicted molar refractivity (Wildman–Crippen MR) is 113 cm³/mol. The van der Waals surface area contributed by atoms with Crippen molar-refractivity contribution in [3.05, 3.63) is 0 Å². The summed E-state index contributed by atoms with van der Waals surface area (Å²) in [4.78, 5) is 59.5. The van der Waals surface area contributed by atoms with Gasteiger partial charge >= 0.3 is 11.9 Å². The number of carboxylic acids is 2. The summed E-state index contributed by atoms with van der Waals surface area (Å²) < 4.78 is 0. The van der Waals surface area contributed by atoms with E-state index >= 15 is 0 Å². The van der Waals surface area contributed by atoms with E-state index in [4.69, 9.17) is 10.8 Å². The zero-order chi connectivity index (χ0) is 24.3. The van der Waals surface area contributed by atoms with Crippen molar-refractivity contribution in [1.29, 1.82) is 0 Å². The largest absolute Gasteiger partial charge is 0.481 e. The summed E-state index contributed by atoms with van der Waals surface area (Å²) in [6.07, 6.45) is 0.717.